The van der Waals surface area contributed by atoms with Crippen molar-refractivity contribution >= 4 is 22.6 Å². The van der Waals surface area contributed by atoms with Crippen LogP contribution < -0.4 is 5.32 Å². The number of nitrogens with zero attached hydrogens (tertiary/aromatic N) is 3. The van der Waals surface area contributed by atoms with Crippen LogP contribution in [0.3, 0.4) is 0 Å². The van der Waals surface area contributed by atoms with E-state index >= 15 is 0 Å². The number of nitrogens with one attached hydrogen (secondary N) is 1. The SMILES string of the molecule is Cc1cc(NC(=O)Cc2cccc3cccnc23)n(-c2ccccc2C(F)(F)F)n1. The number of hydrogen-bond acceptors (Lipinski definition) is 3. The molecule has 5 nitrogen and oxygen atoms in total. The Balaban J connectivity index is 1.65. The van der Waals surface area contributed by atoms with Gasteiger partial charge in [0.05, 0.1) is 28.9 Å². The number of alkyl halides is 3. The van der Waals surface area contributed by atoms with Gasteiger partial charge in [-0.25, -0.2) is 4.68 Å². The van der Waals surface area contributed by atoms with Crippen molar-refractivity contribution in [2.45, 2.75) is 19.5 Å². The summed E-state index contributed by atoms with van der Waals surface area (Å²) in [7, 11) is 0. The monoisotopic (exact) mass is 410 g/mol. The predicted molar refractivity (Wildman–Crippen MR) is 107 cm³/mol. The number of aromatic nitrogens is 3. The summed E-state index contributed by atoms with van der Waals surface area (Å²) < 4.78 is 41.4. The summed E-state index contributed by atoms with van der Waals surface area (Å²) in [6.07, 6.45) is -2.87. The van der Waals surface area contributed by atoms with Crippen LogP contribution in [0.25, 0.3) is 16.6 Å². The molecule has 0 aliphatic rings. The van der Waals surface area contributed by atoms with E-state index in [1.165, 1.54) is 24.3 Å². The summed E-state index contributed by atoms with van der Waals surface area (Å²) in [5.41, 5.74) is 0.933. The van der Waals surface area contributed by atoms with Gasteiger partial charge in [0.15, 0.2) is 0 Å². The smallest absolute Gasteiger partial charge is 0.310 e. The molecule has 0 atom stereocenters. The Bertz CT molecular complexity index is 1230. The van der Waals surface area contributed by atoms with Crippen LogP contribution in [0.15, 0.2) is 66.9 Å². The Morgan fingerprint density at radius 1 is 1.07 bits per heavy atom. The molecule has 4 rings (SSSR count). The molecule has 0 fully saturated rings. The van der Waals surface area contributed by atoms with Gasteiger partial charge >= 0.3 is 6.18 Å². The van der Waals surface area contributed by atoms with Crippen LogP contribution in [0, 0.1) is 6.92 Å². The summed E-state index contributed by atoms with van der Waals surface area (Å²) in [5, 5.41) is 7.75. The molecule has 0 saturated carbocycles. The molecule has 0 radical (unpaired) electrons. The number of para-hydroxylation sites is 2. The van der Waals surface area contributed by atoms with E-state index in [0.717, 1.165) is 21.7 Å². The highest BCUT2D eigenvalue weighted by Gasteiger charge is 2.34. The number of pyridine rings is 1. The number of rotatable bonds is 4. The first kappa shape index (κ1) is 19.6. The maximum Gasteiger partial charge on any atom is 0.418 e. The van der Waals surface area contributed by atoms with Gasteiger partial charge in [-0.1, -0.05) is 36.4 Å². The van der Waals surface area contributed by atoms with Crippen molar-refractivity contribution in [2.75, 3.05) is 5.32 Å². The van der Waals surface area contributed by atoms with Gasteiger partial charge in [-0.2, -0.15) is 18.3 Å². The standard InChI is InChI=1S/C22H17F3N4O/c1-14-12-19(29(28-14)18-10-3-2-9-17(18)22(23,24)25)27-20(30)13-16-7-4-6-15-8-5-11-26-21(15)16/h2-12H,13H2,1H3,(H,27,30). The van der Waals surface area contributed by atoms with E-state index in [4.69, 9.17) is 0 Å². The summed E-state index contributed by atoms with van der Waals surface area (Å²) in [4.78, 5) is 17.0. The van der Waals surface area contributed by atoms with Crippen LogP contribution in [0.2, 0.25) is 0 Å². The van der Waals surface area contributed by atoms with Crippen LogP contribution >= 0.6 is 0 Å². The van der Waals surface area contributed by atoms with Crippen LogP contribution in [0.5, 0.6) is 0 Å². The second-order valence-corrected chi connectivity index (χ2v) is 6.81. The fourth-order valence-corrected chi connectivity index (χ4v) is 3.34. The van der Waals surface area contributed by atoms with Crippen LogP contribution in [0.4, 0.5) is 19.0 Å². The third-order valence-electron chi connectivity index (χ3n) is 4.60. The molecular formula is C22H17F3N4O. The van der Waals surface area contributed by atoms with Crippen molar-refractivity contribution in [3.63, 3.8) is 0 Å². The lowest BCUT2D eigenvalue weighted by atomic mass is 10.1. The highest BCUT2D eigenvalue weighted by atomic mass is 19.4. The molecule has 152 valence electrons. The molecule has 2 aromatic carbocycles. The molecule has 2 heterocycles. The predicted octanol–water partition coefficient (Wildman–Crippen LogP) is 4.93. The Morgan fingerprint density at radius 2 is 1.83 bits per heavy atom. The minimum absolute atomic E-state index is 0.0273. The first-order valence-electron chi connectivity index (χ1n) is 9.18. The highest BCUT2D eigenvalue weighted by Crippen LogP contribution is 2.34. The van der Waals surface area contributed by atoms with E-state index in [2.05, 4.69) is 15.4 Å². The third kappa shape index (κ3) is 3.89. The van der Waals surface area contributed by atoms with Crippen molar-refractivity contribution in [3.8, 4) is 5.69 Å². The van der Waals surface area contributed by atoms with E-state index in [-0.39, 0.29) is 23.8 Å². The minimum Gasteiger partial charge on any atom is -0.310 e. The zero-order valence-corrected chi connectivity index (χ0v) is 15.9. The van der Waals surface area contributed by atoms with E-state index < -0.39 is 11.7 Å². The Hall–Kier alpha value is -3.68. The van der Waals surface area contributed by atoms with Crippen molar-refractivity contribution in [1.29, 1.82) is 0 Å². The van der Waals surface area contributed by atoms with E-state index in [1.807, 2.05) is 24.3 Å². The van der Waals surface area contributed by atoms with Crippen molar-refractivity contribution < 1.29 is 18.0 Å². The number of benzene rings is 2. The van der Waals surface area contributed by atoms with Crippen molar-refractivity contribution in [3.05, 3.63) is 83.7 Å². The number of amides is 1. The number of aryl methyl sites for hydroxylation is 1. The lowest BCUT2D eigenvalue weighted by molar-refractivity contribution is -0.137. The molecule has 8 heteroatoms. The van der Waals surface area contributed by atoms with E-state index in [9.17, 15) is 18.0 Å². The van der Waals surface area contributed by atoms with Gasteiger partial charge in [0.1, 0.15) is 5.82 Å². The first-order valence-corrected chi connectivity index (χ1v) is 9.18. The van der Waals surface area contributed by atoms with Crippen molar-refractivity contribution in [1.82, 2.24) is 14.8 Å². The fraction of sp³-hybridized carbons (Fsp3) is 0.136. The molecule has 30 heavy (non-hydrogen) atoms. The summed E-state index contributed by atoms with van der Waals surface area (Å²) in [6, 6.07) is 15.9. The van der Waals surface area contributed by atoms with Crippen molar-refractivity contribution in [2.24, 2.45) is 0 Å². The summed E-state index contributed by atoms with van der Waals surface area (Å²) in [5.74, 6) is -0.207. The average molecular weight is 410 g/mol. The Kier molecular flexibility index (Phi) is 4.99. The first-order chi connectivity index (χ1) is 14.3. The fourth-order valence-electron chi connectivity index (χ4n) is 3.34. The average Bonchev–Trinajstić information content (AvgIpc) is 3.07. The number of fused-ring (bicyclic) bond motifs is 1. The van der Waals surface area contributed by atoms with Gasteiger partial charge in [0.2, 0.25) is 5.91 Å². The molecule has 1 N–H and O–H groups in total. The molecule has 4 aromatic rings. The molecule has 0 bridgehead atoms. The zero-order valence-electron chi connectivity index (χ0n) is 15.9. The van der Waals surface area contributed by atoms with Crippen LogP contribution in [-0.2, 0) is 17.4 Å². The normalized spacial score (nSPS) is 11.6. The summed E-state index contributed by atoms with van der Waals surface area (Å²) >= 11 is 0. The molecule has 2 aromatic heterocycles. The van der Waals surface area contributed by atoms with Crippen LogP contribution in [-0.4, -0.2) is 20.7 Å². The lowest BCUT2D eigenvalue weighted by Gasteiger charge is -2.15. The number of hydrogen-bond donors (Lipinski definition) is 1. The topological polar surface area (TPSA) is 59.8 Å². The molecule has 0 spiro atoms. The molecule has 0 saturated heterocycles. The van der Waals surface area contributed by atoms with E-state index in [0.29, 0.717) is 11.2 Å². The number of carbonyl (C=O) groups is 1. The zero-order chi connectivity index (χ0) is 21.3. The molecule has 0 aliphatic heterocycles. The largest absolute Gasteiger partial charge is 0.418 e. The molecule has 1 amide bonds. The van der Waals surface area contributed by atoms with Gasteiger partial charge in [-0.15, -0.1) is 0 Å². The Morgan fingerprint density at radius 3 is 2.63 bits per heavy atom. The highest BCUT2D eigenvalue weighted by molar-refractivity contribution is 5.94. The molecule has 0 aliphatic carbocycles. The number of carbonyl (C=O) groups excluding carboxylic acids is 1. The maximum atomic E-state index is 13.4. The second-order valence-electron chi connectivity index (χ2n) is 6.81. The third-order valence-corrected chi connectivity index (χ3v) is 4.60. The van der Waals surface area contributed by atoms with Gasteiger partial charge < -0.3 is 5.32 Å². The van der Waals surface area contributed by atoms with Gasteiger partial charge in [-0.05, 0) is 30.7 Å². The van der Waals surface area contributed by atoms with Gasteiger partial charge in [0.25, 0.3) is 0 Å². The minimum atomic E-state index is -4.55. The number of halogens is 3. The summed E-state index contributed by atoms with van der Waals surface area (Å²) in [6.45, 7) is 1.65. The molecule has 0 unspecified atom stereocenters. The van der Waals surface area contributed by atoms with Gasteiger partial charge in [0, 0.05) is 17.6 Å². The molecular weight excluding hydrogens is 393 g/mol. The second kappa shape index (κ2) is 7.62. The maximum absolute atomic E-state index is 13.4. The quantitative estimate of drug-likeness (QED) is 0.519. The number of anilines is 1. The Labute approximate surface area is 170 Å². The van der Waals surface area contributed by atoms with Crippen LogP contribution in [0.1, 0.15) is 16.8 Å². The lowest BCUT2D eigenvalue weighted by Crippen LogP contribution is -2.19. The van der Waals surface area contributed by atoms with E-state index in [1.54, 1.807) is 19.2 Å². The van der Waals surface area contributed by atoms with Gasteiger partial charge in [-0.3, -0.25) is 9.78 Å².